The summed E-state index contributed by atoms with van der Waals surface area (Å²) in [5.41, 5.74) is 0.722. The molecule has 6 nitrogen and oxygen atoms in total. The van der Waals surface area contributed by atoms with Gasteiger partial charge in [0.1, 0.15) is 6.29 Å². The second-order valence-corrected chi connectivity index (χ2v) is 6.76. The topological polar surface area (TPSA) is 92.3 Å². The normalized spacial score (nSPS) is 15.6. The lowest BCUT2D eigenvalue weighted by Gasteiger charge is -2.13. The molecule has 1 saturated carbocycles. The van der Waals surface area contributed by atoms with Gasteiger partial charge in [-0.05, 0) is 30.5 Å². The summed E-state index contributed by atoms with van der Waals surface area (Å²) in [6.07, 6.45) is 4.85. The van der Waals surface area contributed by atoms with Gasteiger partial charge in [0.15, 0.2) is 0 Å². The molecule has 7 heteroatoms. The van der Waals surface area contributed by atoms with Crippen LogP contribution in [0, 0.1) is 0 Å². The molecule has 2 N–H and O–H groups in total. The van der Waals surface area contributed by atoms with Gasteiger partial charge in [-0.1, -0.05) is 25.0 Å². The number of hydrogen-bond acceptors (Lipinski definition) is 4. The van der Waals surface area contributed by atoms with E-state index in [9.17, 15) is 18.0 Å². The Hall–Kier alpha value is -1.89. The molecule has 2 rings (SSSR count). The average molecular weight is 310 g/mol. The Kier molecular flexibility index (Phi) is 4.95. The number of urea groups is 1. The maximum Gasteiger partial charge on any atom is 0.328 e. The molecular formula is C14H18N2O4S. The van der Waals surface area contributed by atoms with Gasteiger partial charge < -0.3 is 10.1 Å². The second kappa shape index (κ2) is 6.71. The summed E-state index contributed by atoms with van der Waals surface area (Å²) < 4.78 is 26.1. The molecule has 1 fully saturated rings. The fourth-order valence-corrected chi connectivity index (χ4v) is 3.28. The van der Waals surface area contributed by atoms with E-state index in [2.05, 4.69) is 5.32 Å². The summed E-state index contributed by atoms with van der Waals surface area (Å²) in [6.45, 7) is 0. The first kappa shape index (κ1) is 15.5. The van der Waals surface area contributed by atoms with Crippen LogP contribution in [0.3, 0.4) is 0 Å². The summed E-state index contributed by atoms with van der Waals surface area (Å²) in [4.78, 5) is 22.1. The molecule has 0 unspecified atom stereocenters. The smallest absolute Gasteiger partial charge is 0.328 e. The fourth-order valence-electron chi connectivity index (χ4n) is 2.37. The molecule has 1 aliphatic carbocycles. The number of amides is 2. The van der Waals surface area contributed by atoms with Crippen molar-refractivity contribution in [2.45, 2.75) is 43.0 Å². The summed E-state index contributed by atoms with van der Waals surface area (Å²) in [6, 6.07) is 5.22. The van der Waals surface area contributed by atoms with Crippen LogP contribution in [0.25, 0.3) is 0 Å². The minimum Gasteiger partial charge on any atom is -0.335 e. The average Bonchev–Trinajstić information content (AvgIpc) is 2.92. The lowest BCUT2D eigenvalue weighted by molar-refractivity contribution is -0.107. The number of rotatable bonds is 5. The van der Waals surface area contributed by atoms with E-state index in [-0.39, 0.29) is 17.4 Å². The van der Waals surface area contributed by atoms with E-state index in [4.69, 9.17) is 0 Å². The quantitative estimate of drug-likeness (QED) is 0.803. The van der Waals surface area contributed by atoms with Crippen LogP contribution in [-0.4, -0.2) is 26.8 Å². The molecule has 114 valence electrons. The van der Waals surface area contributed by atoms with Crippen molar-refractivity contribution in [3.63, 3.8) is 0 Å². The van der Waals surface area contributed by atoms with Crippen molar-refractivity contribution in [3.8, 4) is 0 Å². The van der Waals surface area contributed by atoms with Crippen molar-refractivity contribution >= 4 is 22.3 Å². The standard InChI is InChI=1S/C14H18N2O4S/c17-10-9-11-5-7-13(8-6-11)21(19,20)16-14(18)15-12-3-1-2-4-12/h5-8,10,12H,1-4,9H2,(H2,15,16,18). The Balaban J connectivity index is 1.99. The maximum atomic E-state index is 12.0. The van der Waals surface area contributed by atoms with Gasteiger partial charge in [-0.15, -0.1) is 0 Å². The highest BCUT2D eigenvalue weighted by molar-refractivity contribution is 7.90. The third-order valence-corrected chi connectivity index (χ3v) is 4.82. The Morgan fingerprint density at radius 2 is 1.81 bits per heavy atom. The molecule has 0 bridgehead atoms. The number of hydrogen-bond donors (Lipinski definition) is 2. The van der Waals surface area contributed by atoms with E-state index in [0.29, 0.717) is 0 Å². The third-order valence-electron chi connectivity index (χ3n) is 3.47. The first-order valence-corrected chi connectivity index (χ1v) is 8.35. The summed E-state index contributed by atoms with van der Waals surface area (Å²) >= 11 is 0. The van der Waals surface area contributed by atoms with Crippen LogP contribution in [0.15, 0.2) is 29.2 Å². The van der Waals surface area contributed by atoms with Crippen LogP contribution in [-0.2, 0) is 21.2 Å². The van der Waals surface area contributed by atoms with Crippen LogP contribution < -0.4 is 10.0 Å². The largest absolute Gasteiger partial charge is 0.335 e. The predicted octanol–water partition coefficient (Wildman–Crippen LogP) is 1.36. The number of aldehydes is 1. The first-order chi connectivity index (χ1) is 10.0. The van der Waals surface area contributed by atoms with Gasteiger partial charge >= 0.3 is 6.03 Å². The number of nitrogens with one attached hydrogen (secondary N) is 2. The van der Waals surface area contributed by atoms with E-state index in [0.717, 1.165) is 37.5 Å². The highest BCUT2D eigenvalue weighted by atomic mass is 32.2. The van der Waals surface area contributed by atoms with E-state index in [1.165, 1.54) is 12.1 Å². The van der Waals surface area contributed by atoms with E-state index in [1.807, 2.05) is 4.72 Å². The Morgan fingerprint density at radius 3 is 2.38 bits per heavy atom. The molecule has 0 radical (unpaired) electrons. The van der Waals surface area contributed by atoms with Crippen molar-refractivity contribution in [1.82, 2.24) is 10.0 Å². The lowest BCUT2D eigenvalue weighted by atomic mass is 10.2. The van der Waals surface area contributed by atoms with Gasteiger partial charge in [0.25, 0.3) is 10.0 Å². The fraction of sp³-hybridized carbons (Fsp3) is 0.429. The molecule has 2 amide bonds. The predicted molar refractivity (Wildman–Crippen MR) is 77.3 cm³/mol. The number of benzene rings is 1. The minimum absolute atomic E-state index is 0.00118. The van der Waals surface area contributed by atoms with E-state index < -0.39 is 16.1 Å². The van der Waals surface area contributed by atoms with Crippen molar-refractivity contribution < 1.29 is 18.0 Å². The molecule has 0 atom stereocenters. The Labute approximate surface area is 124 Å². The molecule has 0 saturated heterocycles. The molecule has 0 aliphatic heterocycles. The van der Waals surface area contributed by atoms with Gasteiger partial charge in [0.2, 0.25) is 0 Å². The summed E-state index contributed by atoms with van der Waals surface area (Å²) in [5.74, 6) is 0. The van der Waals surface area contributed by atoms with Crippen molar-refractivity contribution in [2.24, 2.45) is 0 Å². The van der Waals surface area contributed by atoms with Crippen LogP contribution in [0.2, 0.25) is 0 Å². The lowest BCUT2D eigenvalue weighted by Crippen LogP contribution is -2.43. The zero-order valence-electron chi connectivity index (χ0n) is 11.5. The van der Waals surface area contributed by atoms with Crippen LogP contribution in [0.4, 0.5) is 4.79 Å². The molecule has 0 heterocycles. The van der Waals surface area contributed by atoms with Crippen LogP contribution in [0.1, 0.15) is 31.2 Å². The zero-order valence-corrected chi connectivity index (χ0v) is 12.4. The zero-order chi connectivity index (χ0) is 15.3. The van der Waals surface area contributed by atoms with E-state index in [1.54, 1.807) is 12.1 Å². The molecule has 21 heavy (non-hydrogen) atoms. The van der Waals surface area contributed by atoms with Crippen molar-refractivity contribution in [2.75, 3.05) is 0 Å². The van der Waals surface area contributed by atoms with Crippen molar-refractivity contribution in [1.29, 1.82) is 0 Å². The number of sulfonamides is 1. The molecule has 1 aliphatic rings. The molecule has 0 aromatic heterocycles. The van der Waals surface area contributed by atoms with Gasteiger partial charge in [0.05, 0.1) is 4.90 Å². The second-order valence-electron chi connectivity index (χ2n) is 5.08. The highest BCUT2D eigenvalue weighted by Crippen LogP contribution is 2.17. The van der Waals surface area contributed by atoms with Gasteiger partial charge in [0, 0.05) is 12.5 Å². The SMILES string of the molecule is O=CCc1ccc(S(=O)(=O)NC(=O)NC2CCCC2)cc1. The molecular weight excluding hydrogens is 292 g/mol. The Morgan fingerprint density at radius 1 is 1.19 bits per heavy atom. The van der Waals surface area contributed by atoms with Gasteiger partial charge in [-0.3, -0.25) is 0 Å². The number of carbonyl (C=O) groups excluding carboxylic acids is 2. The van der Waals surface area contributed by atoms with Crippen LogP contribution in [0.5, 0.6) is 0 Å². The maximum absolute atomic E-state index is 12.0. The number of carbonyl (C=O) groups is 2. The Bertz CT molecular complexity index is 604. The van der Waals surface area contributed by atoms with Gasteiger partial charge in [-0.25, -0.2) is 17.9 Å². The first-order valence-electron chi connectivity index (χ1n) is 6.87. The molecule has 1 aromatic rings. The van der Waals surface area contributed by atoms with Crippen molar-refractivity contribution in [3.05, 3.63) is 29.8 Å². The summed E-state index contributed by atoms with van der Waals surface area (Å²) in [7, 11) is -3.88. The summed E-state index contributed by atoms with van der Waals surface area (Å²) in [5, 5.41) is 2.66. The molecule has 0 spiro atoms. The van der Waals surface area contributed by atoms with Crippen LogP contribution >= 0.6 is 0 Å². The van der Waals surface area contributed by atoms with Gasteiger partial charge in [-0.2, -0.15) is 0 Å². The molecule has 1 aromatic carbocycles. The third kappa shape index (κ3) is 4.29. The van der Waals surface area contributed by atoms with E-state index >= 15 is 0 Å². The minimum atomic E-state index is -3.88. The highest BCUT2D eigenvalue weighted by Gasteiger charge is 2.21. The monoisotopic (exact) mass is 310 g/mol.